The van der Waals surface area contributed by atoms with Crippen LogP contribution in [0.15, 0.2) is 58.2 Å². The Labute approximate surface area is 168 Å². The smallest absolute Gasteiger partial charge is 0.328 e. The molecule has 0 bridgehead atoms. The van der Waals surface area contributed by atoms with Gasteiger partial charge in [0.05, 0.1) is 12.1 Å². The van der Waals surface area contributed by atoms with E-state index in [-0.39, 0.29) is 30.8 Å². The van der Waals surface area contributed by atoms with Crippen LogP contribution >= 0.6 is 11.6 Å². The number of halogens is 4. The van der Waals surface area contributed by atoms with E-state index in [1.165, 1.54) is 0 Å². The van der Waals surface area contributed by atoms with Crippen molar-refractivity contribution in [3.05, 3.63) is 80.1 Å². The number of hydrogen-bond donors (Lipinski definition) is 0. The van der Waals surface area contributed by atoms with Crippen LogP contribution in [-0.2, 0) is 13.1 Å². The topological polar surface area (TPSA) is 69.8 Å². The van der Waals surface area contributed by atoms with Crippen LogP contribution in [0.1, 0.15) is 24.8 Å². The molecule has 0 unspecified atom stereocenters. The summed E-state index contributed by atoms with van der Waals surface area (Å²) < 4.78 is 39.6. The molecule has 0 amide bonds. The van der Waals surface area contributed by atoms with Gasteiger partial charge in [0.25, 0.3) is 5.56 Å². The molecular formula is C19H16ClF3N4O2. The Kier molecular flexibility index (Phi) is 6.48. The van der Waals surface area contributed by atoms with E-state index < -0.39 is 29.6 Å². The van der Waals surface area contributed by atoms with Gasteiger partial charge in [-0.3, -0.25) is 9.36 Å². The average molecular weight is 425 g/mol. The Bertz CT molecular complexity index is 1120. The van der Waals surface area contributed by atoms with Gasteiger partial charge in [-0.1, -0.05) is 17.7 Å². The molecular weight excluding hydrogens is 409 g/mol. The molecule has 6 nitrogen and oxygen atoms in total. The van der Waals surface area contributed by atoms with Crippen molar-refractivity contribution in [1.82, 2.24) is 19.1 Å². The summed E-state index contributed by atoms with van der Waals surface area (Å²) in [7, 11) is 0. The van der Waals surface area contributed by atoms with Crippen LogP contribution in [0.2, 0.25) is 5.15 Å². The van der Waals surface area contributed by atoms with E-state index in [4.69, 9.17) is 11.6 Å². The van der Waals surface area contributed by atoms with Crippen LogP contribution in [0.3, 0.4) is 0 Å². The third-order valence-electron chi connectivity index (χ3n) is 4.32. The van der Waals surface area contributed by atoms with Crippen molar-refractivity contribution in [2.75, 3.05) is 0 Å². The lowest BCUT2D eigenvalue weighted by atomic mass is 10.2. The lowest BCUT2D eigenvalue weighted by molar-refractivity contribution is 0.366. The van der Waals surface area contributed by atoms with Crippen LogP contribution in [0.5, 0.6) is 0 Å². The largest absolute Gasteiger partial charge is 0.352 e. The molecule has 10 heteroatoms. The SMILES string of the molecule is O=c1nc2n(Cc3ccc(Cl)nc3)cccc-2c(=O)n1CCCCC(F)=C(F)F. The predicted octanol–water partition coefficient (Wildman–Crippen LogP) is 3.85. The highest BCUT2D eigenvalue weighted by atomic mass is 35.5. The molecule has 0 aliphatic carbocycles. The number of aromatic nitrogens is 4. The zero-order valence-electron chi connectivity index (χ0n) is 15.1. The van der Waals surface area contributed by atoms with Gasteiger partial charge in [0.15, 0.2) is 11.7 Å². The van der Waals surface area contributed by atoms with Crippen LogP contribution < -0.4 is 11.2 Å². The number of pyridine rings is 2. The molecule has 3 heterocycles. The first kappa shape index (κ1) is 20.8. The average Bonchev–Trinajstić information content (AvgIpc) is 2.69. The Morgan fingerprint density at radius 2 is 1.90 bits per heavy atom. The fraction of sp³-hybridized carbons (Fsp3) is 0.263. The molecule has 0 atom stereocenters. The van der Waals surface area contributed by atoms with Gasteiger partial charge in [0, 0.05) is 25.4 Å². The molecule has 0 fully saturated rings. The van der Waals surface area contributed by atoms with Gasteiger partial charge in [0.2, 0.25) is 0 Å². The predicted molar refractivity (Wildman–Crippen MR) is 102 cm³/mol. The fourth-order valence-corrected chi connectivity index (χ4v) is 3.00. The summed E-state index contributed by atoms with van der Waals surface area (Å²) in [4.78, 5) is 33.1. The monoisotopic (exact) mass is 424 g/mol. The molecule has 2 aliphatic rings. The lowest BCUT2D eigenvalue weighted by Crippen LogP contribution is -2.38. The maximum absolute atomic E-state index is 12.8. The quantitative estimate of drug-likeness (QED) is 0.426. The highest BCUT2D eigenvalue weighted by molar-refractivity contribution is 6.29. The summed E-state index contributed by atoms with van der Waals surface area (Å²) in [6.07, 6.45) is 0.744. The molecule has 0 radical (unpaired) electrons. The third kappa shape index (κ3) is 4.92. The maximum Gasteiger partial charge on any atom is 0.352 e. The Hall–Kier alpha value is -2.94. The van der Waals surface area contributed by atoms with Gasteiger partial charge in [-0.2, -0.15) is 13.8 Å². The minimum absolute atomic E-state index is 0.0300. The summed E-state index contributed by atoms with van der Waals surface area (Å²) >= 11 is 5.78. The molecule has 2 aliphatic heterocycles. The van der Waals surface area contributed by atoms with Crippen molar-refractivity contribution in [2.24, 2.45) is 0 Å². The van der Waals surface area contributed by atoms with Gasteiger partial charge in [-0.05, 0) is 36.6 Å². The van der Waals surface area contributed by atoms with E-state index in [0.29, 0.717) is 11.7 Å². The third-order valence-corrected chi connectivity index (χ3v) is 4.55. The number of nitrogens with zero attached hydrogens (tertiary/aromatic N) is 4. The van der Waals surface area contributed by atoms with Crippen molar-refractivity contribution in [2.45, 2.75) is 32.4 Å². The van der Waals surface area contributed by atoms with Gasteiger partial charge in [-0.15, -0.1) is 0 Å². The second-order valence-electron chi connectivity index (χ2n) is 6.34. The first-order valence-corrected chi connectivity index (χ1v) is 9.14. The van der Waals surface area contributed by atoms with Crippen molar-refractivity contribution in [3.8, 4) is 11.4 Å². The van der Waals surface area contributed by atoms with Gasteiger partial charge < -0.3 is 4.57 Å². The van der Waals surface area contributed by atoms with Gasteiger partial charge in [-0.25, -0.2) is 14.2 Å². The molecule has 29 heavy (non-hydrogen) atoms. The minimum Gasteiger partial charge on any atom is -0.328 e. The number of fused-ring (bicyclic) bond motifs is 1. The summed E-state index contributed by atoms with van der Waals surface area (Å²) in [5.74, 6) is -1.25. The van der Waals surface area contributed by atoms with Crippen LogP contribution in [0.25, 0.3) is 11.4 Å². The summed E-state index contributed by atoms with van der Waals surface area (Å²) in [6, 6.07) is 6.62. The van der Waals surface area contributed by atoms with Gasteiger partial charge >= 0.3 is 11.8 Å². The fourth-order valence-electron chi connectivity index (χ4n) is 2.88. The number of rotatable bonds is 7. The molecule has 1 aromatic heterocycles. The van der Waals surface area contributed by atoms with E-state index in [2.05, 4.69) is 9.97 Å². The molecule has 0 spiro atoms. The van der Waals surface area contributed by atoms with Gasteiger partial charge in [0.1, 0.15) is 5.15 Å². The lowest BCUT2D eigenvalue weighted by Gasteiger charge is -2.15. The highest BCUT2D eigenvalue weighted by Crippen LogP contribution is 2.17. The normalized spacial score (nSPS) is 11.0. The second kappa shape index (κ2) is 9.04. The summed E-state index contributed by atoms with van der Waals surface area (Å²) in [5, 5.41) is 0.351. The molecule has 0 aromatic carbocycles. The van der Waals surface area contributed by atoms with E-state index in [0.717, 1.165) is 10.1 Å². The molecule has 0 N–H and O–H groups in total. The first-order chi connectivity index (χ1) is 13.9. The highest BCUT2D eigenvalue weighted by Gasteiger charge is 2.17. The summed E-state index contributed by atoms with van der Waals surface area (Å²) in [6.45, 7) is 0.301. The molecule has 1 aromatic rings. The first-order valence-electron chi connectivity index (χ1n) is 8.77. The van der Waals surface area contributed by atoms with Crippen molar-refractivity contribution in [3.63, 3.8) is 0 Å². The molecule has 3 rings (SSSR count). The van der Waals surface area contributed by atoms with Crippen molar-refractivity contribution >= 4 is 11.6 Å². The molecule has 0 saturated heterocycles. The van der Waals surface area contributed by atoms with Crippen LogP contribution in [0.4, 0.5) is 13.2 Å². The number of unbranched alkanes of at least 4 members (excludes halogenated alkanes) is 1. The zero-order chi connectivity index (χ0) is 21.0. The molecule has 0 saturated carbocycles. The minimum atomic E-state index is -2.35. The van der Waals surface area contributed by atoms with Crippen LogP contribution in [-0.4, -0.2) is 19.1 Å². The van der Waals surface area contributed by atoms with E-state index in [1.54, 1.807) is 41.2 Å². The number of hydrogen-bond acceptors (Lipinski definition) is 4. The molecule has 152 valence electrons. The Balaban J connectivity index is 1.84. The van der Waals surface area contributed by atoms with Crippen molar-refractivity contribution in [1.29, 1.82) is 0 Å². The van der Waals surface area contributed by atoms with Crippen molar-refractivity contribution < 1.29 is 13.2 Å². The zero-order valence-corrected chi connectivity index (χ0v) is 15.9. The van der Waals surface area contributed by atoms with E-state index >= 15 is 0 Å². The second-order valence-corrected chi connectivity index (χ2v) is 6.72. The van der Waals surface area contributed by atoms with E-state index in [9.17, 15) is 22.8 Å². The summed E-state index contributed by atoms with van der Waals surface area (Å²) in [5.41, 5.74) is -0.226. The Morgan fingerprint density at radius 3 is 2.59 bits per heavy atom. The Morgan fingerprint density at radius 1 is 1.10 bits per heavy atom. The number of allylic oxidation sites excluding steroid dienone is 1. The maximum atomic E-state index is 12.8. The van der Waals surface area contributed by atoms with Crippen LogP contribution in [0, 0.1) is 0 Å². The van der Waals surface area contributed by atoms with E-state index in [1.807, 2.05) is 0 Å². The standard InChI is InChI=1S/C19H16ClF3N4O2/c20-15-7-6-12(10-24-15)11-26-8-3-4-13-17(26)25-19(29)27(18(13)28)9-2-1-5-14(21)16(22)23/h3-4,6-8,10H,1-2,5,9,11H2.